The molecule has 0 aromatic carbocycles. The molecule has 0 aromatic heterocycles. The number of carbonyl (C=O) groups excluding carboxylic acids is 1. The summed E-state index contributed by atoms with van der Waals surface area (Å²) in [5.41, 5.74) is 0.710. The van der Waals surface area contributed by atoms with E-state index in [0.717, 1.165) is 18.2 Å². The van der Waals surface area contributed by atoms with Gasteiger partial charge in [-0.2, -0.15) is 0 Å². The van der Waals surface area contributed by atoms with E-state index in [2.05, 4.69) is 35.6 Å². The molecule has 3 aliphatic heterocycles. The normalized spacial score (nSPS) is 25.6. The van der Waals surface area contributed by atoms with Crippen LogP contribution in [-0.2, 0) is 4.79 Å². The summed E-state index contributed by atoms with van der Waals surface area (Å²) in [6.45, 7) is 17.8. The molecule has 0 saturated carbocycles. The van der Waals surface area contributed by atoms with Gasteiger partial charge in [0.25, 0.3) is 0 Å². The fraction of sp³-hybridized carbons (Fsp3) is 0.957. The summed E-state index contributed by atoms with van der Waals surface area (Å²) in [7, 11) is 2.28. The molecule has 4 nitrogen and oxygen atoms in total. The van der Waals surface area contributed by atoms with E-state index in [1.54, 1.807) is 0 Å². The Balaban J connectivity index is 0.000000465. The molecule has 0 radical (unpaired) electrons. The molecule has 0 aliphatic carbocycles. The number of hydrogen-bond acceptors (Lipinski definition) is 4. The maximum absolute atomic E-state index is 9.50. The molecule has 1 spiro atoms. The van der Waals surface area contributed by atoms with Crippen LogP contribution in [0.2, 0.25) is 0 Å². The van der Waals surface area contributed by atoms with Gasteiger partial charge in [-0.1, -0.05) is 27.7 Å². The van der Waals surface area contributed by atoms with E-state index in [1.165, 1.54) is 84.3 Å². The third kappa shape index (κ3) is 7.47. The van der Waals surface area contributed by atoms with E-state index in [4.69, 9.17) is 0 Å². The van der Waals surface area contributed by atoms with Crippen LogP contribution in [0.25, 0.3) is 0 Å². The molecule has 158 valence electrons. The molecule has 3 saturated heterocycles. The Morgan fingerprint density at radius 2 is 1.37 bits per heavy atom. The maximum Gasteiger partial charge on any atom is 0.122 e. The minimum atomic E-state index is 0.204. The number of hydrogen-bond donors (Lipinski definition) is 0. The van der Waals surface area contributed by atoms with Gasteiger partial charge in [-0.3, -0.25) is 0 Å². The van der Waals surface area contributed by atoms with Crippen molar-refractivity contribution in [3.8, 4) is 0 Å². The zero-order chi connectivity index (χ0) is 19.9. The summed E-state index contributed by atoms with van der Waals surface area (Å²) >= 11 is 0. The lowest BCUT2D eigenvalue weighted by Crippen LogP contribution is -2.51. The predicted molar refractivity (Wildman–Crippen MR) is 115 cm³/mol. The van der Waals surface area contributed by atoms with E-state index in [1.807, 2.05) is 13.8 Å². The van der Waals surface area contributed by atoms with Gasteiger partial charge in [0, 0.05) is 18.5 Å². The van der Waals surface area contributed by atoms with Crippen LogP contribution in [0.1, 0.15) is 66.2 Å². The Hall–Kier alpha value is -0.450. The number of piperidine rings is 3. The SMILES string of the molecule is CC(C)C=O.CC(C)CN1CCC(N2CCC3(CCN(C)CC3)CC2)CC1. The number of rotatable bonds is 4. The maximum atomic E-state index is 9.50. The van der Waals surface area contributed by atoms with E-state index in [9.17, 15) is 4.79 Å². The topological polar surface area (TPSA) is 26.8 Å². The van der Waals surface area contributed by atoms with Crippen LogP contribution in [-0.4, -0.2) is 79.9 Å². The van der Waals surface area contributed by atoms with Crippen molar-refractivity contribution in [2.45, 2.75) is 72.3 Å². The number of carbonyl (C=O) groups is 1. The Morgan fingerprint density at radius 1 is 0.889 bits per heavy atom. The number of likely N-dealkylation sites (tertiary alicyclic amines) is 3. The number of nitrogens with zero attached hydrogens (tertiary/aromatic N) is 3. The Labute approximate surface area is 168 Å². The Bertz CT molecular complexity index is 411. The van der Waals surface area contributed by atoms with E-state index in [0.29, 0.717) is 5.41 Å². The third-order valence-corrected chi connectivity index (χ3v) is 6.88. The largest absolute Gasteiger partial charge is 0.306 e. The van der Waals surface area contributed by atoms with Crippen LogP contribution in [0.3, 0.4) is 0 Å². The molecule has 3 fully saturated rings. The summed E-state index contributed by atoms with van der Waals surface area (Å²) in [6, 6.07) is 0.882. The summed E-state index contributed by atoms with van der Waals surface area (Å²) in [4.78, 5) is 17.5. The smallest absolute Gasteiger partial charge is 0.122 e. The zero-order valence-corrected chi connectivity index (χ0v) is 18.8. The first-order valence-electron chi connectivity index (χ1n) is 11.4. The lowest BCUT2D eigenvalue weighted by molar-refractivity contribution is -0.110. The molecule has 0 unspecified atom stereocenters. The van der Waals surface area contributed by atoms with Crippen molar-refractivity contribution in [1.82, 2.24) is 14.7 Å². The summed E-state index contributed by atoms with van der Waals surface area (Å²) in [5.74, 6) is 1.02. The second-order valence-electron chi connectivity index (χ2n) is 10.1. The molecular formula is C23H45N3O. The summed E-state index contributed by atoms with van der Waals surface area (Å²) < 4.78 is 0. The van der Waals surface area contributed by atoms with Crippen LogP contribution in [0.15, 0.2) is 0 Å². The summed E-state index contributed by atoms with van der Waals surface area (Å²) in [5, 5.41) is 0. The minimum absolute atomic E-state index is 0.204. The second kappa shape index (κ2) is 10.9. The number of aldehydes is 1. The highest BCUT2D eigenvalue weighted by Crippen LogP contribution is 2.41. The lowest BCUT2D eigenvalue weighted by Gasteiger charge is -2.49. The molecule has 0 bridgehead atoms. The quantitative estimate of drug-likeness (QED) is 0.695. The fourth-order valence-corrected chi connectivity index (χ4v) is 4.94. The van der Waals surface area contributed by atoms with E-state index >= 15 is 0 Å². The van der Waals surface area contributed by atoms with Crippen LogP contribution < -0.4 is 0 Å². The molecule has 3 aliphatic rings. The monoisotopic (exact) mass is 379 g/mol. The molecule has 0 aromatic rings. The van der Waals surface area contributed by atoms with Crippen molar-refractivity contribution in [3.63, 3.8) is 0 Å². The first-order chi connectivity index (χ1) is 12.8. The van der Waals surface area contributed by atoms with Gasteiger partial charge in [-0.25, -0.2) is 0 Å². The minimum Gasteiger partial charge on any atom is -0.306 e. The van der Waals surface area contributed by atoms with Crippen molar-refractivity contribution in [2.24, 2.45) is 17.3 Å². The Morgan fingerprint density at radius 3 is 1.81 bits per heavy atom. The van der Waals surface area contributed by atoms with Crippen molar-refractivity contribution < 1.29 is 4.79 Å². The van der Waals surface area contributed by atoms with Gasteiger partial charge in [0.05, 0.1) is 0 Å². The average Bonchev–Trinajstić information content (AvgIpc) is 2.66. The van der Waals surface area contributed by atoms with Crippen molar-refractivity contribution in [3.05, 3.63) is 0 Å². The predicted octanol–water partition coefficient (Wildman–Crippen LogP) is 3.76. The van der Waals surface area contributed by atoms with Gasteiger partial charge in [0.1, 0.15) is 6.29 Å². The third-order valence-electron chi connectivity index (χ3n) is 6.88. The molecular weight excluding hydrogens is 334 g/mol. The fourth-order valence-electron chi connectivity index (χ4n) is 4.94. The van der Waals surface area contributed by atoms with Crippen LogP contribution in [0, 0.1) is 17.3 Å². The van der Waals surface area contributed by atoms with Crippen LogP contribution in [0.5, 0.6) is 0 Å². The van der Waals surface area contributed by atoms with Crippen molar-refractivity contribution in [1.29, 1.82) is 0 Å². The van der Waals surface area contributed by atoms with Crippen LogP contribution >= 0.6 is 0 Å². The van der Waals surface area contributed by atoms with Gasteiger partial charge in [-0.05, 0) is 96.2 Å². The van der Waals surface area contributed by atoms with E-state index < -0.39 is 0 Å². The first-order valence-corrected chi connectivity index (χ1v) is 11.4. The molecule has 27 heavy (non-hydrogen) atoms. The highest BCUT2D eigenvalue weighted by Gasteiger charge is 2.38. The van der Waals surface area contributed by atoms with Crippen molar-refractivity contribution >= 4 is 6.29 Å². The summed E-state index contributed by atoms with van der Waals surface area (Å²) in [6.07, 6.45) is 9.55. The molecule has 0 atom stereocenters. The van der Waals surface area contributed by atoms with Gasteiger partial charge >= 0.3 is 0 Å². The molecule has 4 heteroatoms. The second-order valence-corrected chi connectivity index (χ2v) is 10.1. The van der Waals surface area contributed by atoms with Gasteiger partial charge < -0.3 is 19.5 Å². The van der Waals surface area contributed by atoms with Gasteiger partial charge in [0.2, 0.25) is 0 Å². The lowest BCUT2D eigenvalue weighted by atomic mass is 9.71. The zero-order valence-electron chi connectivity index (χ0n) is 18.8. The molecule has 0 N–H and O–H groups in total. The van der Waals surface area contributed by atoms with Crippen molar-refractivity contribution in [2.75, 3.05) is 52.9 Å². The van der Waals surface area contributed by atoms with E-state index in [-0.39, 0.29) is 5.92 Å². The standard InChI is InChI=1S/C19H37N3.C4H8O/c1-17(2)16-21-10-4-18(5-11-21)22-14-8-19(9-15-22)6-12-20(3)13-7-19;1-4(2)3-5/h17-18H,4-16H2,1-3H3;3-4H,1-2H3. The molecule has 0 amide bonds. The average molecular weight is 380 g/mol. The molecule has 3 rings (SSSR count). The molecule has 3 heterocycles. The Kier molecular flexibility index (Phi) is 9.24. The van der Waals surface area contributed by atoms with Gasteiger partial charge in [0.15, 0.2) is 0 Å². The highest BCUT2D eigenvalue weighted by molar-refractivity contribution is 5.51. The highest BCUT2D eigenvalue weighted by atomic mass is 16.1. The first kappa shape index (κ1) is 22.8. The van der Waals surface area contributed by atoms with Crippen LogP contribution in [0.4, 0.5) is 0 Å². The van der Waals surface area contributed by atoms with Gasteiger partial charge in [-0.15, -0.1) is 0 Å².